The Labute approximate surface area is 156 Å². The molecule has 0 aliphatic heterocycles. The highest BCUT2D eigenvalue weighted by molar-refractivity contribution is 5.82. The third-order valence-corrected chi connectivity index (χ3v) is 3.73. The number of benzene rings is 2. The molecule has 0 heterocycles. The Bertz CT molecular complexity index is 692. The highest BCUT2D eigenvalue weighted by Crippen LogP contribution is 2.21. The van der Waals surface area contributed by atoms with Gasteiger partial charge in [-0.2, -0.15) is 0 Å². The molecule has 2 aromatic rings. The van der Waals surface area contributed by atoms with Crippen LogP contribution in [0.3, 0.4) is 0 Å². The van der Waals surface area contributed by atoms with Crippen molar-refractivity contribution in [1.82, 2.24) is 4.90 Å². The fraction of sp³-hybridized carbons (Fsp3) is 0.333. The van der Waals surface area contributed by atoms with Gasteiger partial charge >= 0.3 is 0 Å². The molecule has 0 amide bonds. The molecule has 0 aliphatic carbocycles. The molecule has 0 spiro atoms. The van der Waals surface area contributed by atoms with Gasteiger partial charge in [0.25, 0.3) is 0 Å². The third-order valence-electron chi connectivity index (χ3n) is 3.73. The van der Waals surface area contributed by atoms with Crippen LogP contribution in [0.1, 0.15) is 24.1 Å². The summed E-state index contributed by atoms with van der Waals surface area (Å²) in [7, 11) is 8.84. The number of methoxy groups -OCH3 is 2. The van der Waals surface area contributed by atoms with Crippen molar-refractivity contribution in [2.75, 3.05) is 35.4 Å². The van der Waals surface area contributed by atoms with Crippen molar-refractivity contribution < 1.29 is 14.3 Å². The van der Waals surface area contributed by atoms with Crippen molar-refractivity contribution in [3.63, 3.8) is 0 Å². The number of Topliss-reactive ketones (excluding diaryl/α,β-unsaturated/α-hetero) is 1. The summed E-state index contributed by atoms with van der Waals surface area (Å²) in [6, 6.07) is 15.2. The predicted molar refractivity (Wildman–Crippen MR) is 107 cm³/mol. The summed E-state index contributed by atoms with van der Waals surface area (Å²) < 4.78 is 10.1. The van der Waals surface area contributed by atoms with E-state index in [1.807, 2.05) is 67.5 Å². The quantitative estimate of drug-likeness (QED) is 0.742. The normalized spacial score (nSPS) is 11.7. The van der Waals surface area contributed by atoms with Crippen LogP contribution in [0.5, 0.6) is 11.5 Å². The molecule has 0 N–H and O–H groups in total. The Kier molecular flexibility index (Phi) is 9.09. The minimum atomic E-state index is -0.170. The first-order valence-electron chi connectivity index (χ1n) is 8.30. The lowest BCUT2D eigenvalue weighted by atomic mass is 10.0. The second-order valence-corrected chi connectivity index (χ2v) is 5.91. The summed E-state index contributed by atoms with van der Waals surface area (Å²) in [5, 5.41) is 0. The molecular formula is C21H28N2O3. The molecule has 0 radical (unpaired) electrons. The van der Waals surface area contributed by atoms with Crippen molar-refractivity contribution in [3.8, 4) is 11.5 Å². The fourth-order valence-corrected chi connectivity index (χ4v) is 2.52. The van der Waals surface area contributed by atoms with Gasteiger partial charge in [-0.3, -0.25) is 14.7 Å². The molecule has 1 unspecified atom stereocenters. The van der Waals surface area contributed by atoms with E-state index in [0.29, 0.717) is 0 Å². The van der Waals surface area contributed by atoms with Gasteiger partial charge < -0.3 is 9.47 Å². The van der Waals surface area contributed by atoms with Crippen molar-refractivity contribution >= 4 is 12.0 Å². The van der Waals surface area contributed by atoms with Crippen LogP contribution in [0.4, 0.5) is 0 Å². The van der Waals surface area contributed by atoms with E-state index in [1.54, 1.807) is 34.4 Å². The first-order valence-corrected chi connectivity index (χ1v) is 8.30. The fourth-order valence-electron chi connectivity index (χ4n) is 2.52. The van der Waals surface area contributed by atoms with Crippen LogP contribution in [0, 0.1) is 0 Å². The molecule has 0 aliphatic rings. The van der Waals surface area contributed by atoms with Crippen LogP contribution < -0.4 is 9.47 Å². The van der Waals surface area contributed by atoms with Gasteiger partial charge in [0.1, 0.15) is 11.5 Å². The first kappa shape index (κ1) is 21.4. The second-order valence-electron chi connectivity index (χ2n) is 5.91. The van der Waals surface area contributed by atoms with E-state index in [4.69, 9.17) is 9.47 Å². The number of ketones is 1. The molecule has 2 aromatic carbocycles. The number of carbonyl (C=O) groups is 1. The van der Waals surface area contributed by atoms with Crippen LogP contribution in [-0.2, 0) is 4.79 Å². The zero-order valence-electron chi connectivity index (χ0n) is 16.4. The topological polar surface area (TPSA) is 51.1 Å². The number of hydrogen-bond acceptors (Lipinski definition) is 5. The van der Waals surface area contributed by atoms with Crippen LogP contribution in [0.15, 0.2) is 53.5 Å². The Balaban J connectivity index is 0.000000273. The van der Waals surface area contributed by atoms with Crippen molar-refractivity contribution in [2.45, 2.75) is 13.0 Å². The molecule has 26 heavy (non-hydrogen) atoms. The summed E-state index contributed by atoms with van der Waals surface area (Å²) >= 11 is 0. The van der Waals surface area contributed by atoms with Gasteiger partial charge in [-0.25, -0.2) is 0 Å². The molecule has 0 bridgehead atoms. The molecule has 5 heteroatoms. The lowest BCUT2D eigenvalue weighted by molar-refractivity contribution is -0.121. The van der Waals surface area contributed by atoms with Gasteiger partial charge in [0.05, 0.1) is 20.3 Å². The Morgan fingerprint density at radius 2 is 1.42 bits per heavy atom. The van der Waals surface area contributed by atoms with E-state index in [2.05, 4.69) is 4.99 Å². The molecule has 140 valence electrons. The number of nitrogens with zero attached hydrogens (tertiary/aromatic N) is 2. The zero-order valence-corrected chi connectivity index (χ0v) is 16.4. The number of likely N-dealkylation sites (N-methyl/N-ethyl adjacent to an activating group) is 1. The molecule has 5 nitrogen and oxygen atoms in total. The summed E-state index contributed by atoms with van der Waals surface area (Å²) in [6.45, 7) is 1.61. The van der Waals surface area contributed by atoms with E-state index in [1.165, 1.54) is 0 Å². The van der Waals surface area contributed by atoms with Crippen LogP contribution in [0.2, 0.25) is 0 Å². The Hall–Kier alpha value is -2.66. The summed E-state index contributed by atoms with van der Waals surface area (Å²) in [4.78, 5) is 17.3. The maximum atomic E-state index is 11.5. The van der Waals surface area contributed by atoms with Gasteiger partial charge in [0.2, 0.25) is 0 Å². The van der Waals surface area contributed by atoms with E-state index in [-0.39, 0.29) is 11.8 Å². The second kappa shape index (κ2) is 11.1. The number of ether oxygens (including phenoxy) is 2. The Morgan fingerprint density at radius 1 is 0.962 bits per heavy atom. The van der Waals surface area contributed by atoms with Gasteiger partial charge in [0, 0.05) is 13.3 Å². The average Bonchev–Trinajstić information content (AvgIpc) is 2.63. The number of rotatable bonds is 6. The van der Waals surface area contributed by atoms with Gasteiger partial charge in [-0.05, 0) is 68.5 Å². The van der Waals surface area contributed by atoms with Crippen LogP contribution in [0.25, 0.3) is 0 Å². The monoisotopic (exact) mass is 356 g/mol. The summed E-state index contributed by atoms with van der Waals surface area (Å²) in [6.07, 6.45) is 1.80. The minimum absolute atomic E-state index is 0.144. The highest BCUT2D eigenvalue weighted by atomic mass is 16.5. The van der Waals surface area contributed by atoms with E-state index < -0.39 is 0 Å². The van der Waals surface area contributed by atoms with Crippen molar-refractivity contribution in [2.24, 2.45) is 4.99 Å². The minimum Gasteiger partial charge on any atom is -0.497 e. The summed E-state index contributed by atoms with van der Waals surface area (Å²) in [5.74, 6) is 1.82. The average molecular weight is 356 g/mol. The van der Waals surface area contributed by atoms with Crippen molar-refractivity contribution in [1.29, 1.82) is 0 Å². The smallest absolute Gasteiger partial charge is 0.151 e. The SMILES string of the molecule is CN=Cc1ccc(OC)cc1.COc1ccc(C(C(C)=O)N(C)C)cc1. The molecule has 0 saturated carbocycles. The maximum absolute atomic E-state index is 11.5. The van der Waals surface area contributed by atoms with Crippen molar-refractivity contribution in [3.05, 3.63) is 59.7 Å². The maximum Gasteiger partial charge on any atom is 0.151 e. The van der Waals surface area contributed by atoms with Gasteiger partial charge in [-0.15, -0.1) is 0 Å². The predicted octanol–water partition coefficient (Wildman–Crippen LogP) is 3.63. The lowest BCUT2D eigenvalue weighted by Crippen LogP contribution is -2.25. The standard InChI is InChI=1S/C12H17NO2.C9H11NO/c1-9(14)12(13(2)3)10-5-7-11(15-4)8-6-10;1-10-7-8-3-5-9(11-2)6-4-8/h5-8,12H,1-4H3;3-7H,1-2H3. The first-order chi connectivity index (χ1) is 12.4. The summed E-state index contributed by atoms with van der Waals surface area (Å²) in [5.41, 5.74) is 2.08. The molecule has 0 saturated heterocycles. The number of hydrogen-bond donors (Lipinski definition) is 0. The van der Waals surface area contributed by atoms with Gasteiger partial charge in [0.15, 0.2) is 5.78 Å². The molecule has 1 atom stereocenters. The van der Waals surface area contributed by atoms with Crippen LogP contribution in [-0.4, -0.2) is 52.3 Å². The Morgan fingerprint density at radius 3 is 1.77 bits per heavy atom. The molecular weight excluding hydrogens is 328 g/mol. The molecule has 0 fully saturated rings. The number of aliphatic imine (C=N–C) groups is 1. The largest absolute Gasteiger partial charge is 0.497 e. The highest BCUT2D eigenvalue weighted by Gasteiger charge is 2.18. The van der Waals surface area contributed by atoms with E-state index >= 15 is 0 Å². The van der Waals surface area contributed by atoms with E-state index in [9.17, 15) is 4.79 Å². The lowest BCUT2D eigenvalue weighted by Gasteiger charge is -2.22. The van der Waals surface area contributed by atoms with E-state index in [0.717, 1.165) is 22.6 Å². The third kappa shape index (κ3) is 6.69. The molecule has 0 aromatic heterocycles. The zero-order chi connectivity index (χ0) is 19.5. The molecule has 2 rings (SSSR count). The number of carbonyl (C=O) groups excluding carboxylic acids is 1. The van der Waals surface area contributed by atoms with Gasteiger partial charge in [-0.1, -0.05) is 12.1 Å². The van der Waals surface area contributed by atoms with Crippen LogP contribution >= 0.6 is 0 Å².